The number of nitrogens with one attached hydrogen (secondary N) is 6. The second kappa shape index (κ2) is 33.4. The average Bonchev–Trinajstić information content (AvgIpc) is 0.840. The van der Waals surface area contributed by atoms with E-state index in [-0.39, 0.29) is 83.9 Å². The Morgan fingerprint density at radius 3 is 1.03 bits per heavy atom. The van der Waals surface area contributed by atoms with Crippen molar-refractivity contribution in [1.29, 1.82) is 0 Å². The molecule has 0 atom stereocenters. The number of benzene rings is 8. The molecule has 98 heavy (non-hydrogen) atoms. The van der Waals surface area contributed by atoms with Crippen molar-refractivity contribution in [2.75, 3.05) is 37.6 Å². The minimum atomic E-state index is -0.613. The number of amides is 6. The number of carbonyl (C=O) groups excluding carboxylic acids is 6. The number of rotatable bonds is 14. The van der Waals surface area contributed by atoms with Crippen LogP contribution in [0.4, 0.5) is 48.7 Å². The van der Waals surface area contributed by atoms with Crippen LogP contribution in [0.2, 0.25) is 0 Å². The molecule has 12 rings (SSSR count). The third kappa shape index (κ3) is 19.6. The number of hydrogen-bond acceptors (Lipinski definition) is 15. The molecule has 6 amide bonds. The Balaban J connectivity index is 0. The first-order valence-electron chi connectivity index (χ1n) is 30.2. The summed E-state index contributed by atoms with van der Waals surface area (Å²) in [6.45, 7) is 8.08. The smallest absolute Gasteiger partial charge is 0.278 e. The lowest BCUT2D eigenvalue weighted by atomic mass is 10.1. The predicted octanol–water partition coefficient (Wildman–Crippen LogP) is 16.7. The summed E-state index contributed by atoms with van der Waals surface area (Å²) in [7, 11) is 0. The summed E-state index contributed by atoms with van der Waals surface area (Å²) in [5.74, 6) is -2.91. The minimum Gasteiger partial charge on any atom is -0.382 e. The van der Waals surface area contributed by atoms with Crippen molar-refractivity contribution in [2.24, 2.45) is 0 Å². The molecule has 508 valence electrons. The lowest BCUT2D eigenvalue weighted by Gasteiger charge is -2.10. The fourth-order valence-corrected chi connectivity index (χ4v) is 9.12. The van der Waals surface area contributed by atoms with E-state index < -0.39 is 11.7 Å². The maximum Gasteiger partial charge on any atom is 0.278 e. The summed E-state index contributed by atoms with van der Waals surface area (Å²) in [5, 5.41) is 16.1. The number of nitrogen functional groups attached to an aromatic ring is 1. The molecule has 0 bridgehead atoms. The van der Waals surface area contributed by atoms with Gasteiger partial charge in [-0.05, 0) is 99.6 Å². The number of carbonyl (C=O) groups is 6. The third-order valence-electron chi connectivity index (χ3n) is 13.9. The highest BCUT2D eigenvalue weighted by atomic mass is 19.1. The van der Waals surface area contributed by atoms with Crippen molar-refractivity contribution in [3.63, 3.8) is 0 Å². The van der Waals surface area contributed by atoms with Gasteiger partial charge in [-0.2, -0.15) is 0 Å². The van der Waals surface area contributed by atoms with Crippen molar-refractivity contribution in [3.8, 4) is 45.0 Å². The molecule has 0 saturated heterocycles. The molecular weight excluding hydrogens is 1240 g/mol. The first-order chi connectivity index (χ1) is 47.3. The van der Waals surface area contributed by atoms with E-state index in [1.165, 1.54) is 62.5 Å². The minimum absolute atomic E-state index is 0. The van der Waals surface area contributed by atoms with Gasteiger partial charge in [0.2, 0.25) is 11.8 Å². The summed E-state index contributed by atoms with van der Waals surface area (Å²) in [4.78, 5) is 107. The third-order valence-corrected chi connectivity index (χ3v) is 13.9. The van der Waals surface area contributed by atoms with Gasteiger partial charge in [0.25, 0.3) is 23.6 Å². The quantitative estimate of drug-likeness (QED) is 0.0532. The number of nitrogens with zero attached hydrogens (tertiary/aromatic N) is 8. The Morgan fingerprint density at radius 2 is 0.643 bits per heavy atom. The Morgan fingerprint density at radius 1 is 0.337 bits per heavy atom. The van der Waals surface area contributed by atoms with Crippen molar-refractivity contribution >= 4 is 75.4 Å². The second-order valence-corrected chi connectivity index (χ2v) is 21.3. The zero-order chi connectivity index (χ0) is 69.5. The normalized spacial score (nSPS) is 10.3. The molecular formula is C75H83F2N15O6. The van der Waals surface area contributed by atoms with Crippen LogP contribution in [0.5, 0.6) is 0 Å². The fraction of sp³-hybridized carbons (Fsp3) is 0.0667. The summed E-state index contributed by atoms with van der Waals surface area (Å²) < 4.78 is 26.5. The van der Waals surface area contributed by atoms with Gasteiger partial charge in [-0.25, -0.2) is 33.7 Å². The van der Waals surface area contributed by atoms with Crippen molar-refractivity contribution in [1.82, 2.24) is 39.9 Å². The first kappa shape index (κ1) is 68.9. The van der Waals surface area contributed by atoms with E-state index in [0.29, 0.717) is 68.3 Å². The van der Waals surface area contributed by atoms with Crippen molar-refractivity contribution < 1.29 is 51.8 Å². The molecule has 0 radical (unpaired) electrons. The molecule has 21 nitrogen and oxygen atoms in total. The van der Waals surface area contributed by atoms with Gasteiger partial charge in [0.1, 0.15) is 28.7 Å². The van der Waals surface area contributed by atoms with E-state index in [2.05, 4.69) is 71.8 Å². The molecule has 0 aliphatic rings. The molecule has 0 saturated carbocycles. The average molecular weight is 1330 g/mol. The Hall–Kier alpha value is -13.4. The molecule has 0 spiro atoms. The number of nitrogens with two attached hydrogens (primary N) is 1. The molecule has 0 fully saturated rings. The van der Waals surface area contributed by atoms with E-state index in [1.54, 1.807) is 94.0 Å². The number of hydrogen-bond donors (Lipinski definition) is 7. The monoisotopic (exact) mass is 1330 g/mol. The van der Waals surface area contributed by atoms with Gasteiger partial charge in [-0.1, -0.05) is 140 Å². The van der Waals surface area contributed by atoms with Crippen LogP contribution >= 0.6 is 0 Å². The Kier molecular flexibility index (Phi) is 23.5. The SMILES string of the molecule is CC(=O)Nc1ccc(NC(=O)c2nc(-c3ccccc3)cnc2C)cc1.CC(=O)Nc1cccc(NC(=O)c2nc(-c3ccccc3)cnc2C)c1.Cc1ncc(-c2ccccc2)nc1C(=O)Nc1ccc(F)cc1.Nc1ncc(-c2ccccc2)nc1C(=O)Nc1ccccc1F.[HH].[HH].[HH].[HH].[HH].[HH].[HH].[HH].[HH].[HH]. The predicted molar refractivity (Wildman–Crippen MR) is 396 cm³/mol. The van der Waals surface area contributed by atoms with Gasteiger partial charge in [-0.3, -0.25) is 43.7 Å². The highest BCUT2D eigenvalue weighted by molar-refractivity contribution is 6.07. The van der Waals surface area contributed by atoms with Crippen LogP contribution in [0, 0.1) is 32.4 Å². The molecule has 4 heterocycles. The topological polar surface area (TPSA) is 304 Å². The first-order valence-corrected chi connectivity index (χ1v) is 30.2. The molecule has 12 aromatic rings. The molecule has 8 N–H and O–H groups in total. The standard InChI is InChI=1S/2C20H18N4O2.C18H14FN3O.C17H13FN4O.10H2/c1-13-19(24-18(12-21-13)15-7-4-3-5-8-15)20(26)23-17-10-6-9-16(11-17)22-14(2)25;1-13-19(24-18(12-21-13)15-6-4-3-5-7-15)20(26)23-17-10-8-16(9-11-17)22-14(2)25;1-12-17(18(23)21-15-9-7-14(19)8-10-15)22-16(11-20-12)13-5-3-2-4-6-13;18-12-8-4-5-9-13(12)22-17(23)15-16(19)20-10-14(21-15)11-6-2-1-3-7-11;;;;;;;;;;/h2*3-12H,1-2H3,(H,22,25)(H,23,26);2-11H,1H3,(H,21,23);1-10H,(H2,19,20)(H,22,23);10*1H. The van der Waals surface area contributed by atoms with Crippen molar-refractivity contribution in [2.45, 2.75) is 34.6 Å². The van der Waals surface area contributed by atoms with Crippen LogP contribution < -0.4 is 37.6 Å². The summed E-state index contributed by atoms with van der Waals surface area (Å²) in [6.07, 6.45) is 6.44. The summed E-state index contributed by atoms with van der Waals surface area (Å²) >= 11 is 0. The van der Waals surface area contributed by atoms with Gasteiger partial charge >= 0.3 is 0 Å². The lowest BCUT2D eigenvalue weighted by Crippen LogP contribution is -2.18. The van der Waals surface area contributed by atoms with E-state index in [0.717, 1.165) is 22.3 Å². The zero-order valence-electron chi connectivity index (χ0n) is 53.5. The van der Waals surface area contributed by atoms with Crippen LogP contribution in [0.1, 0.15) is 87.1 Å². The van der Waals surface area contributed by atoms with Gasteiger partial charge in [-0.15, -0.1) is 0 Å². The van der Waals surface area contributed by atoms with Crippen LogP contribution in [0.25, 0.3) is 45.0 Å². The highest BCUT2D eigenvalue weighted by Gasteiger charge is 2.20. The van der Waals surface area contributed by atoms with Gasteiger partial charge in [0.15, 0.2) is 11.5 Å². The van der Waals surface area contributed by atoms with Crippen LogP contribution in [0.3, 0.4) is 0 Å². The van der Waals surface area contributed by atoms with Crippen LogP contribution in [-0.4, -0.2) is 75.3 Å². The lowest BCUT2D eigenvalue weighted by molar-refractivity contribution is -0.115. The van der Waals surface area contributed by atoms with Crippen molar-refractivity contribution in [3.05, 3.63) is 295 Å². The van der Waals surface area contributed by atoms with Crippen LogP contribution in [0.15, 0.2) is 243 Å². The van der Waals surface area contributed by atoms with Gasteiger partial charge in [0.05, 0.1) is 70.3 Å². The highest BCUT2D eigenvalue weighted by Crippen LogP contribution is 2.25. The largest absolute Gasteiger partial charge is 0.382 e. The van der Waals surface area contributed by atoms with Gasteiger partial charge < -0.3 is 37.6 Å². The van der Waals surface area contributed by atoms with Crippen LogP contribution in [-0.2, 0) is 9.59 Å². The van der Waals surface area contributed by atoms with E-state index >= 15 is 0 Å². The Labute approximate surface area is 577 Å². The fourth-order valence-electron chi connectivity index (χ4n) is 9.12. The second-order valence-electron chi connectivity index (χ2n) is 21.3. The maximum absolute atomic E-state index is 13.6. The number of anilines is 7. The number of para-hydroxylation sites is 1. The van der Waals surface area contributed by atoms with E-state index in [9.17, 15) is 37.5 Å². The van der Waals surface area contributed by atoms with Gasteiger partial charge in [0, 0.05) is 78.8 Å². The molecule has 23 heteroatoms. The molecule has 4 aromatic heterocycles. The number of aryl methyl sites for hydroxylation is 3. The maximum atomic E-state index is 13.6. The molecule has 0 aliphatic heterocycles. The molecule has 8 aromatic carbocycles. The number of aromatic nitrogens is 8. The summed E-state index contributed by atoms with van der Waals surface area (Å²) in [6, 6.07) is 63.2. The Bertz CT molecular complexity index is 4840. The molecule has 0 unspecified atom stereocenters. The van der Waals surface area contributed by atoms with E-state index in [1.807, 2.05) is 121 Å². The van der Waals surface area contributed by atoms with E-state index in [4.69, 9.17) is 5.73 Å². The zero-order valence-corrected chi connectivity index (χ0v) is 53.5. The summed E-state index contributed by atoms with van der Waals surface area (Å²) in [5.41, 5.74) is 17.0. The number of halogens is 2. The molecule has 0 aliphatic carbocycles.